The minimum absolute atomic E-state index is 0.979. The molecule has 0 saturated carbocycles. The van der Waals surface area contributed by atoms with Crippen molar-refractivity contribution in [2.24, 2.45) is 0 Å². The highest BCUT2D eigenvalue weighted by Crippen LogP contribution is 2.43. The lowest BCUT2D eigenvalue weighted by Crippen LogP contribution is -2.05. The number of hydrogen-bond donors (Lipinski definition) is 0. The molecule has 0 bridgehead atoms. The van der Waals surface area contributed by atoms with Gasteiger partial charge in [0.15, 0.2) is 0 Å². The third kappa shape index (κ3) is 10.5. The van der Waals surface area contributed by atoms with Crippen LogP contribution in [0.2, 0.25) is 0 Å². The third-order valence-electron chi connectivity index (χ3n) is 15.5. The molecule has 10 aromatic carbocycles. The Bertz CT molecular complexity index is 3740. The Labute approximate surface area is 456 Å². The van der Waals surface area contributed by atoms with Gasteiger partial charge in [0, 0.05) is 0 Å². The minimum Gasteiger partial charge on any atom is -0.0949 e. The molecule has 0 aliphatic heterocycles. The van der Waals surface area contributed by atoms with Gasteiger partial charge in [-0.2, -0.15) is 0 Å². The SMILES string of the molecule is C=C1Cc2ccccc2Cc2ccccc21.C=C1c2ccccc2-c2ccccc21.C=C1c2ccccc2C=Cc2ccccc21.C=C1c2ccccc2CCc2ccccc21.C=C1c2ccccc2Cc2ccccc21. The van der Waals surface area contributed by atoms with Crippen LogP contribution < -0.4 is 0 Å². The van der Waals surface area contributed by atoms with Crippen LogP contribution in [0.3, 0.4) is 0 Å². The van der Waals surface area contributed by atoms with E-state index < -0.39 is 0 Å². The Morgan fingerprint density at radius 3 is 0.870 bits per heavy atom. The van der Waals surface area contributed by atoms with Gasteiger partial charge in [-0.25, -0.2) is 0 Å². The van der Waals surface area contributed by atoms with Crippen molar-refractivity contribution in [3.8, 4) is 11.1 Å². The monoisotopic (exact) mass is 986 g/mol. The summed E-state index contributed by atoms with van der Waals surface area (Å²) in [6, 6.07) is 85.2. The van der Waals surface area contributed by atoms with Crippen LogP contribution in [0.15, 0.2) is 276 Å². The highest BCUT2D eigenvalue weighted by atomic mass is 14.2. The van der Waals surface area contributed by atoms with E-state index in [0.717, 1.165) is 48.8 Å². The first-order valence-electron chi connectivity index (χ1n) is 26.8. The Kier molecular flexibility index (Phi) is 14.6. The van der Waals surface area contributed by atoms with Gasteiger partial charge in [-0.1, -0.05) is 288 Å². The van der Waals surface area contributed by atoms with E-state index in [1.807, 2.05) is 0 Å². The molecular weight excluding hydrogens is 925 g/mol. The Hall–Kier alpha value is -9.36. The van der Waals surface area contributed by atoms with E-state index >= 15 is 0 Å². The summed E-state index contributed by atoms with van der Waals surface area (Å²) in [4.78, 5) is 0. The first kappa shape index (κ1) is 49.8. The fourth-order valence-electron chi connectivity index (χ4n) is 11.5. The molecule has 5 aliphatic rings. The predicted molar refractivity (Wildman–Crippen MR) is 331 cm³/mol. The predicted octanol–water partition coefficient (Wildman–Crippen LogP) is 19.3. The van der Waals surface area contributed by atoms with Crippen molar-refractivity contribution in [2.45, 2.75) is 32.1 Å². The molecule has 0 fully saturated rings. The molecule has 0 spiro atoms. The fraction of sp³-hybridized carbons (Fsp3) is 0.0649. The van der Waals surface area contributed by atoms with Gasteiger partial charge in [0.2, 0.25) is 0 Å². The van der Waals surface area contributed by atoms with Gasteiger partial charge in [0.05, 0.1) is 0 Å². The van der Waals surface area contributed by atoms with Crippen molar-refractivity contribution < 1.29 is 0 Å². The summed E-state index contributed by atoms with van der Waals surface area (Å²) in [5, 5.41) is 0. The largest absolute Gasteiger partial charge is 0.0949 e. The molecule has 0 unspecified atom stereocenters. The van der Waals surface area contributed by atoms with Gasteiger partial charge < -0.3 is 0 Å². The van der Waals surface area contributed by atoms with E-state index in [0.29, 0.717) is 0 Å². The summed E-state index contributed by atoms with van der Waals surface area (Å²) in [5.74, 6) is 0. The van der Waals surface area contributed by atoms with Crippen molar-refractivity contribution in [2.75, 3.05) is 0 Å². The minimum atomic E-state index is 0.979. The zero-order valence-electron chi connectivity index (χ0n) is 43.8. The number of benzene rings is 10. The maximum Gasteiger partial charge on any atom is -0.00135 e. The zero-order chi connectivity index (χ0) is 52.7. The second-order valence-electron chi connectivity index (χ2n) is 20.2. The summed E-state index contributed by atoms with van der Waals surface area (Å²) in [6.45, 7) is 21.0. The van der Waals surface area contributed by atoms with Crippen molar-refractivity contribution in [3.63, 3.8) is 0 Å². The van der Waals surface area contributed by atoms with Crippen LogP contribution in [-0.4, -0.2) is 0 Å². The van der Waals surface area contributed by atoms with Crippen LogP contribution in [0, 0.1) is 0 Å². The highest BCUT2D eigenvalue weighted by Gasteiger charge is 2.21. The van der Waals surface area contributed by atoms with E-state index in [-0.39, 0.29) is 0 Å². The third-order valence-corrected chi connectivity index (χ3v) is 15.5. The van der Waals surface area contributed by atoms with E-state index in [1.165, 1.54) is 122 Å². The van der Waals surface area contributed by atoms with Gasteiger partial charge in [-0.3, -0.25) is 0 Å². The Balaban J connectivity index is 0.000000102. The van der Waals surface area contributed by atoms with Gasteiger partial charge in [-0.15, -0.1) is 0 Å². The van der Waals surface area contributed by atoms with Gasteiger partial charge >= 0.3 is 0 Å². The van der Waals surface area contributed by atoms with Crippen molar-refractivity contribution in [1.82, 2.24) is 0 Å². The molecule has 5 aliphatic carbocycles. The molecule has 0 heterocycles. The van der Waals surface area contributed by atoms with Crippen molar-refractivity contribution >= 4 is 40.0 Å². The molecule has 77 heavy (non-hydrogen) atoms. The van der Waals surface area contributed by atoms with E-state index in [1.54, 1.807) is 0 Å². The highest BCUT2D eigenvalue weighted by molar-refractivity contribution is 6.00. The Morgan fingerprint density at radius 1 is 0.195 bits per heavy atom. The molecule has 0 heteroatoms. The van der Waals surface area contributed by atoms with Crippen molar-refractivity contribution in [1.29, 1.82) is 0 Å². The van der Waals surface area contributed by atoms with E-state index in [9.17, 15) is 0 Å². The van der Waals surface area contributed by atoms with Gasteiger partial charge in [-0.05, 0) is 171 Å². The molecule has 0 aromatic heterocycles. The number of hydrogen-bond acceptors (Lipinski definition) is 0. The van der Waals surface area contributed by atoms with Gasteiger partial charge in [0.25, 0.3) is 0 Å². The molecule has 0 nitrogen and oxygen atoms in total. The fourth-order valence-corrected chi connectivity index (χ4v) is 11.5. The van der Waals surface area contributed by atoms with Crippen molar-refractivity contribution in [3.05, 3.63) is 376 Å². The average molecular weight is 987 g/mol. The summed E-state index contributed by atoms with van der Waals surface area (Å²) in [7, 11) is 0. The van der Waals surface area contributed by atoms with Crippen LogP contribution >= 0.6 is 0 Å². The van der Waals surface area contributed by atoms with E-state index in [4.69, 9.17) is 0 Å². The number of allylic oxidation sites excluding steroid dienone is 1. The van der Waals surface area contributed by atoms with E-state index in [2.05, 4.69) is 288 Å². The summed E-state index contributed by atoms with van der Waals surface area (Å²) < 4.78 is 0. The Morgan fingerprint density at radius 2 is 0.442 bits per heavy atom. The van der Waals surface area contributed by atoms with Crippen LogP contribution in [0.25, 0.3) is 51.1 Å². The molecule has 370 valence electrons. The normalized spacial score (nSPS) is 13.3. The van der Waals surface area contributed by atoms with Crippen LogP contribution in [0.5, 0.6) is 0 Å². The first-order chi connectivity index (χ1) is 37.8. The summed E-state index contributed by atoms with van der Waals surface area (Å²) in [5.41, 5.74) is 32.4. The standard InChI is InChI=1S/C16H14.C16H12.C16H14.C15H12.C14H10/c2*1-12-15-8-4-2-6-13(15)10-11-14-7-3-5-9-16(12)14;1-12-10-13-6-2-3-7-14(13)11-15-8-4-5-9-16(12)15;1-11-14-8-4-2-6-12(14)10-13-7-3-5-9-15(11)13;1-10-11-6-2-4-8-13(11)14-9-5-3-7-12(10)14/h2-9H,1,10-11H2;2-11H,1H2;2-9H,1,10-11H2;2-9H,1,10H2;2-9H,1H2. The first-order valence-corrected chi connectivity index (χ1v) is 26.8. The van der Waals surface area contributed by atoms with Crippen LogP contribution in [-0.2, 0) is 32.1 Å². The smallest absolute Gasteiger partial charge is 0.00135 e. The van der Waals surface area contributed by atoms with Gasteiger partial charge in [0.1, 0.15) is 0 Å². The number of rotatable bonds is 0. The number of aryl methyl sites for hydroxylation is 2. The number of fused-ring (bicyclic) bond motifs is 11. The quantitative estimate of drug-likeness (QED) is 0.142. The topological polar surface area (TPSA) is 0 Å². The molecule has 10 aromatic rings. The molecule has 0 N–H and O–H groups in total. The molecule has 0 amide bonds. The lowest BCUT2D eigenvalue weighted by Gasteiger charge is -2.21. The maximum atomic E-state index is 4.26. The average Bonchev–Trinajstić information content (AvgIpc) is 3.63. The second kappa shape index (κ2) is 22.6. The van der Waals surface area contributed by atoms with Crippen LogP contribution in [0.4, 0.5) is 0 Å². The lowest BCUT2D eigenvalue weighted by atomic mass is 9.83. The molecule has 0 atom stereocenters. The molecular formula is C77H62. The zero-order valence-corrected chi connectivity index (χ0v) is 43.8. The molecule has 0 radical (unpaired) electrons. The lowest BCUT2D eigenvalue weighted by molar-refractivity contribution is 0.965. The molecule has 0 saturated heterocycles. The maximum absolute atomic E-state index is 4.26. The molecule has 15 rings (SSSR count). The second-order valence-corrected chi connectivity index (χ2v) is 20.2. The summed E-state index contributed by atoms with van der Waals surface area (Å²) in [6.07, 6.45) is 9.60. The summed E-state index contributed by atoms with van der Waals surface area (Å²) >= 11 is 0. The van der Waals surface area contributed by atoms with Crippen LogP contribution in [0.1, 0.15) is 100 Å².